The first-order valence-electron chi connectivity index (χ1n) is 6.96. The van der Waals surface area contributed by atoms with Crippen molar-refractivity contribution in [2.24, 2.45) is 0 Å². The lowest BCUT2D eigenvalue weighted by Gasteiger charge is -2.04. The Bertz CT molecular complexity index is 985. The number of nitrogens with zero attached hydrogens (tertiary/aromatic N) is 3. The van der Waals surface area contributed by atoms with Crippen molar-refractivity contribution in [3.05, 3.63) is 58.7 Å². The van der Waals surface area contributed by atoms with Crippen LogP contribution in [0.15, 0.2) is 47.3 Å². The predicted octanol–water partition coefficient (Wildman–Crippen LogP) is 4.08. The van der Waals surface area contributed by atoms with Crippen molar-refractivity contribution < 1.29 is 4.79 Å². The third kappa shape index (κ3) is 2.64. The zero-order chi connectivity index (χ0) is 15.8. The summed E-state index contributed by atoms with van der Waals surface area (Å²) >= 11 is 3.08. The summed E-state index contributed by atoms with van der Waals surface area (Å²) in [5, 5.41) is 6.66. The first-order valence-corrected chi connectivity index (χ1v) is 8.72. The van der Waals surface area contributed by atoms with Gasteiger partial charge in [0.1, 0.15) is 17.2 Å². The van der Waals surface area contributed by atoms with Crippen LogP contribution in [-0.4, -0.2) is 20.3 Å². The van der Waals surface area contributed by atoms with Crippen LogP contribution >= 0.6 is 22.7 Å². The summed E-state index contributed by atoms with van der Waals surface area (Å²) < 4.78 is 1.82. The topological polar surface area (TPSA) is 59.3 Å². The Balaban J connectivity index is 1.67. The molecule has 4 rings (SSSR count). The van der Waals surface area contributed by atoms with Gasteiger partial charge < -0.3 is 5.32 Å². The second-order valence-corrected chi connectivity index (χ2v) is 6.78. The Morgan fingerprint density at radius 3 is 2.87 bits per heavy atom. The van der Waals surface area contributed by atoms with Crippen LogP contribution < -0.4 is 5.32 Å². The average Bonchev–Trinajstić information content (AvgIpc) is 3.23. The lowest BCUT2D eigenvalue weighted by molar-refractivity contribution is 0.102. The van der Waals surface area contributed by atoms with E-state index < -0.39 is 0 Å². The number of pyridine rings is 1. The predicted molar refractivity (Wildman–Crippen MR) is 93.3 cm³/mol. The smallest absolute Gasteiger partial charge is 0.274 e. The van der Waals surface area contributed by atoms with Crippen LogP contribution in [0.2, 0.25) is 0 Å². The first kappa shape index (κ1) is 14.1. The minimum Gasteiger partial charge on any atom is -0.305 e. The molecule has 0 aliphatic heterocycles. The number of hydrogen-bond donors (Lipinski definition) is 1. The number of imidazole rings is 1. The van der Waals surface area contributed by atoms with Crippen molar-refractivity contribution in [2.75, 3.05) is 5.32 Å². The van der Waals surface area contributed by atoms with E-state index in [1.807, 2.05) is 52.5 Å². The second-order valence-electron chi connectivity index (χ2n) is 5.00. The Kier molecular flexibility index (Phi) is 3.44. The maximum absolute atomic E-state index is 12.5. The normalized spacial score (nSPS) is 11.0. The summed E-state index contributed by atoms with van der Waals surface area (Å²) in [6, 6.07) is 9.55. The van der Waals surface area contributed by atoms with Gasteiger partial charge in [-0.1, -0.05) is 12.1 Å². The molecule has 0 aromatic carbocycles. The molecule has 0 aliphatic rings. The monoisotopic (exact) mass is 340 g/mol. The van der Waals surface area contributed by atoms with E-state index in [0.29, 0.717) is 11.5 Å². The summed E-state index contributed by atoms with van der Waals surface area (Å²) in [5.41, 5.74) is 2.30. The summed E-state index contributed by atoms with van der Waals surface area (Å²) in [4.78, 5) is 23.3. The molecular weight excluding hydrogens is 328 g/mol. The molecule has 0 atom stereocenters. The highest BCUT2D eigenvalue weighted by Gasteiger charge is 2.16. The van der Waals surface area contributed by atoms with Gasteiger partial charge in [-0.15, -0.1) is 22.7 Å². The molecule has 4 aromatic heterocycles. The van der Waals surface area contributed by atoms with Gasteiger partial charge in [0, 0.05) is 17.3 Å². The summed E-state index contributed by atoms with van der Waals surface area (Å²) in [7, 11) is 0. The fraction of sp³-hybridized carbons (Fsp3) is 0.0625. The van der Waals surface area contributed by atoms with Gasteiger partial charge >= 0.3 is 0 Å². The average molecular weight is 340 g/mol. The lowest BCUT2D eigenvalue weighted by Crippen LogP contribution is -2.14. The lowest BCUT2D eigenvalue weighted by atomic mass is 10.3. The van der Waals surface area contributed by atoms with Gasteiger partial charge in [-0.2, -0.15) is 0 Å². The molecule has 1 amide bonds. The van der Waals surface area contributed by atoms with E-state index in [0.717, 1.165) is 21.2 Å². The van der Waals surface area contributed by atoms with E-state index in [2.05, 4.69) is 15.3 Å². The Hall–Kier alpha value is -2.51. The van der Waals surface area contributed by atoms with Crippen LogP contribution in [0.3, 0.4) is 0 Å². The molecule has 0 fully saturated rings. The molecule has 23 heavy (non-hydrogen) atoms. The molecule has 0 spiro atoms. The highest BCUT2D eigenvalue weighted by Crippen LogP contribution is 2.27. The minimum atomic E-state index is -0.190. The van der Waals surface area contributed by atoms with Gasteiger partial charge in [0.15, 0.2) is 4.96 Å². The maximum Gasteiger partial charge on any atom is 0.274 e. The van der Waals surface area contributed by atoms with E-state index in [4.69, 9.17) is 0 Å². The van der Waals surface area contributed by atoms with E-state index in [1.165, 1.54) is 11.3 Å². The molecule has 4 aromatic rings. The third-order valence-corrected chi connectivity index (χ3v) is 5.08. The van der Waals surface area contributed by atoms with Crippen LogP contribution in [0.25, 0.3) is 15.5 Å². The molecule has 0 radical (unpaired) electrons. The molecule has 0 saturated carbocycles. The third-order valence-electron chi connectivity index (χ3n) is 3.35. The standard InChI is InChI=1S/C16H12N4OS2/c1-10-4-2-6-14(17-10)19-15(21)12-9-23-16-18-11(8-20(12)16)13-5-3-7-22-13/h2-9H,1H3,(H,17,19,21). The largest absolute Gasteiger partial charge is 0.305 e. The number of rotatable bonds is 3. The van der Waals surface area contributed by atoms with Crippen molar-refractivity contribution >= 4 is 39.4 Å². The van der Waals surface area contributed by atoms with E-state index >= 15 is 0 Å². The molecule has 1 N–H and O–H groups in total. The molecule has 0 bridgehead atoms. The summed E-state index contributed by atoms with van der Waals surface area (Å²) in [5.74, 6) is 0.359. The minimum absolute atomic E-state index is 0.190. The van der Waals surface area contributed by atoms with E-state index in [9.17, 15) is 4.79 Å². The van der Waals surface area contributed by atoms with Gasteiger partial charge in [-0.05, 0) is 30.5 Å². The molecule has 0 unspecified atom stereocenters. The number of hydrogen-bond acceptors (Lipinski definition) is 5. The van der Waals surface area contributed by atoms with Crippen LogP contribution in [0.1, 0.15) is 16.2 Å². The number of carbonyl (C=O) groups excluding carboxylic acids is 1. The van der Waals surface area contributed by atoms with Gasteiger partial charge in [-0.3, -0.25) is 9.20 Å². The van der Waals surface area contributed by atoms with Gasteiger partial charge in [0.2, 0.25) is 0 Å². The number of fused-ring (bicyclic) bond motifs is 1. The quantitative estimate of drug-likeness (QED) is 0.611. The fourth-order valence-electron chi connectivity index (χ4n) is 2.28. The number of thiophene rings is 1. The van der Waals surface area contributed by atoms with Gasteiger partial charge in [0.05, 0.1) is 4.88 Å². The molecule has 0 saturated heterocycles. The highest BCUT2D eigenvalue weighted by molar-refractivity contribution is 7.15. The number of nitrogens with one attached hydrogen (secondary N) is 1. The first-order chi connectivity index (χ1) is 11.2. The molecule has 0 aliphatic carbocycles. The van der Waals surface area contributed by atoms with Gasteiger partial charge in [-0.25, -0.2) is 9.97 Å². The molecule has 4 heterocycles. The highest BCUT2D eigenvalue weighted by atomic mass is 32.1. The molecule has 7 heteroatoms. The number of aryl methyl sites for hydroxylation is 1. The molecule has 114 valence electrons. The van der Waals surface area contributed by atoms with E-state index in [-0.39, 0.29) is 5.91 Å². The van der Waals surface area contributed by atoms with Crippen molar-refractivity contribution in [3.63, 3.8) is 0 Å². The summed E-state index contributed by atoms with van der Waals surface area (Å²) in [6.07, 6.45) is 1.90. The summed E-state index contributed by atoms with van der Waals surface area (Å²) in [6.45, 7) is 1.89. The van der Waals surface area contributed by atoms with E-state index in [1.54, 1.807) is 17.4 Å². The zero-order valence-corrected chi connectivity index (χ0v) is 13.8. The number of aromatic nitrogens is 3. The van der Waals surface area contributed by atoms with Crippen molar-refractivity contribution in [2.45, 2.75) is 6.92 Å². The second kappa shape index (κ2) is 5.60. The number of carbonyl (C=O) groups is 1. The number of thiazole rings is 1. The van der Waals surface area contributed by atoms with Crippen LogP contribution in [0.4, 0.5) is 5.82 Å². The van der Waals surface area contributed by atoms with Crippen molar-refractivity contribution in [3.8, 4) is 10.6 Å². The SMILES string of the molecule is Cc1cccc(NC(=O)c2csc3nc(-c4cccs4)cn23)n1. The zero-order valence-electron chi connectivity index (χ0n) is 12.2. The Morgan fingerprint density at radius 1 is 1.17 bits per heavy atom. The molecular formula is C16H12N4OS2. The number of anilines is 1. The Labute approximate surface area is 140 Å². The van der Waals surface area contributed by atoms with Crippen LogP contribution in [0, 0.1) is 6.92 Å². The Morgan fingerprint density at radius 2 is 2.09 bits per heavy atom. The molecule has 5 nitrogen and oxygen atoms in total. The number of amides is 1. The van der Waals surface area contributed by atoms with Crippen LogP contribution in [0.5, 0.6) is 0 Å². The van der Waals surface area contributed by atoms with Gasteiger partial charge in [0.25, 0.3) is 5.91 Å². The van der Waals surface area contributed by atoms with Crippen molar-refractivity contribution in [1.82, 2.24) is 14.4 Å². The fourth-order valence-corrected chi connectivity index (χ4v) is 3.82. The van der Waals surface area contributed by atoms with Crippen LogP contribution in [-0.2, 0) is 0 Å². The maximum atomic E-state index is 12.5. The van der Waals surface area contributed by atoms with Crippen molar-refractivity contribution in [1.29, 1.82) is 0 Å².